The van der Waals surface area contributed by atoms with Gasteiger partial charge in [-0.15, -0.1) is 0 Å². The molecule has 2 aromatic carbocycles. The SMILES string of the molecule is Cc1ccc(C(C)C)c(OCC(=O)NNC(=O)C2(c3ccccc3)CC2)c1. The zero-order chi connectivity index (χ0) is 19.4. The van der Waals surface area contributed by atoms with Crippen LogP contribution in [0.4, 0.5) is 0 Å². The molecule has 0 bridgehead atoms. The Morgan fingerprint density at radius 2 is 1.78 bits per heavy atom. The van der Waals surface area contributed by atoms with Crippen LogP contribution in [0.1, 0.15) is 49.3 Å². The zero-order valence-corrected chi connectivity index (χ0v) is 16.0. The van der Waals surface area contributed by atoms with Gasteiger partial charge in [0.2, 0.25) is 5.91 Å². The number of benzene rings is 2. The smallest absolute Gasteiger partial charge is 0.276 e. The van der Waals surface area contributed by atoms with Gasteiger partial charge < -0.3 is 4.74 Å². The Morgan fingerprint density at radius 3 is 2.41 bits per heavy atom. The van der Waals surface area contributed by atoms with Crippen LogP contribution in [0.25, 0.3) is 0 Å². The van der Waals surface area contributed by atoms with E-state index in [-0.39, 0.29) is 18.4 Å². The highest BCUT2D eigenvalue weighted by molar-refractivity contribution is 5.92. The van der Waals surface area contributed by atoms with E-state index in [0.717, 1.165) is 29.5 Å². The van der Waals surface area contributed by atoms with Gasteiger partial charge in [0.25, 0.3) is 5.91 Å². The Labute approximate surface area is 160 Å². The highest BCUT2D eigenvalue weighted by Crippen LogP contribution is 2.48. The van der Waals surface area contributed by atoms with Gasteiger partial charge in [0.15, 0.2) is 6.61 Å². The lowest BCUT2D eigenvalue weighted by molar-refractivity contribution is -0.131. The van der Waals surface area contributed by atoms with E-state index in [0.29, 0.717) is 11.7 Å². The quantitative estimate of drug-likeness (QED) is 0.770. The number of aryl methyl sites for hydroxylation is 1. The van der Waals surface area contributed by atoms with E-state index in [9.17, 15) is 9.59 Å². The van der Waals surface area contributed by atoms with E-state index in [1.165, 1.54) is 0 Å². The molecule has 1 saturated carbocycles. The molecular formula is C22H26N2O3. The summed E-state index contributed by atoms with van der Waals surface area (Å²) in [7, 11) is 0. The second kappa shape index (κ2) is 7.82. The van der Waals surface area contributed by atoms with Gasteiger partial charge in [0, 0.05) is 0 Å². The number of nitrogens with one attached hydrogen (secondary N) is 2. The first-order valence-electron chi connectivity index (χ1n) is 9.30. The maximum absolute atomic E-state index is 12.5. The molecule has 0 aromatic heterocycles. The molecule has 1 aliphatic carbocycles. The minimum absolute atomic E-state index is 0.151. The summed E-state index contributed by atoms with van der Waals surface area (Å²) in [4.78, 5) is 24.6. The largest absolute Gasteiger partial charge is 0.483 e. The highest BCUT2D eigenvalue weighted by atomic mass is 16.5. The van der Waals surface area contributed by atoms with Gasteiger partial charge in [-0.1, -0.05) is 56.3 Å². The molecule has 1 fully saturated rings. The number of hydrogen-bond donors (Lipinski definition) is 2. The molecule has 2 N–H and O–H groups in total. The van der Waals surface area contributed by atoms with Gasteiger partial charge in [-0.3, -0.25) is 20.4 Å². The number of carbonyl (C=O) groups excluding carboxylic acids is 2. The lowest BCUT2D eigenvalue weighted by Gasteiger charge is -2.17. The van der Waals surface area contributed by atoms with E-state index in [4.69, 9.17) is 4.74 Å². The fourth-order valence-corrected chi connectivity index (χ4v) is 3.20. The van der Waals surface area contributed by atoms with Crippen molar-refractivity contribution >= 4 is 11.8 Å². The summed E-state index contributed by atoms with van der Waals surface area (Å²) in [6, 6.07) is 15.6. The summed E-state index contributed by atoms with van der Waals surface area (Å²) in [5.41, 5.74) is 7.61. The number of hydrogen-bond acceptors (Lipinski definition) is 3. The van der Waals surface area contributed by atoms with E-state index in [1.54, 1.807) is 0 Å². The minimum Gasteiger partial charge on any atom is -0.483 e. The Bertz CT molecular complexity index is 827. The molecule has 27 heavy (non-hydrogen) atoms. The molecule has 0 radical (unpaired) electrons. The molecule has 5 nitrogen and oxygen atoms in total. The molecule has 2 amide bonds. The van der Waals surface area contributed by atoms with Gasteiger partial charge in [-0.05, 0) is 48.4 Å². The van der Waals surface area contributed by atoms with Crippen LogP contribution in [0, 0.1) is 6.92 Å². The molecule has 1 aliphatic rings. The number of hydrazine groups is 1. The fourth-order valence-electron chi connectivity index (χ4n) is 3.20. The van der Waals surface area contributed by atoms with Gasteiger partial charge >= 0.3 is 0 Å². The second-order valence-corrected chi connectivity index (χ2v) is 7.44. The molecule has 0 spiro atoms. The first kappa shape index (κ1) is 19.0. The van der Waals surface area contributed by atoms with Crippen LogP contribution in [-0.2, 0) is 15.0 Å². The topological polar surface area (TPSA) is 67.4 Å². The van der Waals surface area contributed by atoms with Gasteiger partial charge in [0.1, 0.15) is 5.75 Å². The van der Waals surface area contributed by atoms with Crippen molar-refractivity contribution in [2.45, 2.75) is 44.9 Å². The van der Waals surface area contributed by atoms with Crippen LogP contribution in [0.5, 0.6) is 5.75 Å². The lowest BCUT2D eigenvalue weighted by Crippen LogP contribution is -2.48. The van der Waals surface area contributed by atoms with Crippen LogP contribution in [0.15, 0.2) is 48.5 Å². The van der Waals surface area contributed by atoms with Crippen LogP contribution in [0.2, 0.25) is 0 Å². The van der Waals surface area contributed by atoms with Crippen LogP contribution >= 0.6 is 0 Å². The fraction of sp³-hybridized carbons (Fsp3) is 0.364. The number of rotatable bonds is 6. The number of ether oxygens (including phenoxy) is 1. The van der Waals surface area contributed by atoms with Crippen molar-refractivity contribution in [3.05, 3.63) is 65.2 Å². The third-order valence-electron chi connectivity index (χ3n) is 4.98. The Morgan fingerprint density at radius 1 is 1.07 bits per heavy atom. The van der Waals surface area contributed by atoms with Crippen molar-refractivity contribution in [2.75, 3.05) is 6.61 Å². The normalized spacial score (nSPS) is 14.5. The van der Waals surface area contributed by atoms with E-state index < -0.39 is 5.41 Å². The predicted octanol–water partition coefficient (Wildman–Crippen LogP) is 3.38. The summed E-state index contributed by atoms with van der Waals surface area (Å²) in [6.07, 6.45) is 1.58. The number of carbonyl (C=O) groups is 2. The van der Waals surface area contributed by atoms with Crippen LogP contribution < -0.4 is 15.6 Å². The van der Waals surface area contributed by atoms with Crippen molar-refractivity contribution in [3.8, 4) is 5.75 Å². The molecule has 5 heteroatoms. The van der Waals surface area contributed by atoms with Crippen LogP contribution in [0.3, 0.4) is 0 Å². The molecule has 0 saturated heterocycles. The third-order valence-corrected chi connectivity index (χ3v) is 4.98. The summed E-state index contributed by atoms with van der Waals surface area (Å²) in [5, 5.41) is 0. The molecule has 0 unspecified atom stereocenters. The molecule has 0 aliphatic heterocycles. The van der Waals surface area contributed by atoms with E-state index in [2.05, 4.69) is 24.7 Å². The first-order valence-corrected chi connectivity index (χ1v) is 9.30. The Balaban J connectivity index is 1.54. The summed E-state index contributed by atoms with van der Waals surface area (Å²) < 4.78 is 5.70. The molecule has 2 aromatic rings. The van der Waals surface area contributed by atoms with Crippen molar-refractivity contribution in [3.63, 3.8) is 0 Å². The summed E-state index contributed by atoms with van der Waals surface area (Å²) >= 11 is 0. The molecule has 0 atom stereocenters. The minimum atomic E-state index is -0.517. The predicted molar refractivity (Wildman–Crippen MR) is 104 cm³/mol. The molecule has 3 rings (SSSR count). The summed E-state index contributed by atoms with van der Waals surface area (Å²) in [6.45, 7) is 5.99. The van der Waals surface area contributed by atoms with Crippen molar-refractivity contribution in [2.24, 2.45) is 0 Å². The monoisotopic (exact) mass is 366 g/mol. The van der Waals surface area contributed by atoms with Gasteiger partial charge in [-0.2, -0.15) is 0 Å². The average Bonchev–Trinajstić information content (AvgIpc) is 3.47. The van der Waals surface area contributed by atoms with E-state index >= 15 is 0 Å². The molecule has 0 heterocycles. The van der Waals surface area contributed by atoms with Gasteiger partial charge in [-0.25, -0.2) is 0 Å². The van der Waals surface area contributed by atoms with Crippen molar-refractivity contribution < 1.29 is 14.3 Å². The average molecular weight is 366 g/mol. The lowest BCUT2D eigenvalue weighted by atomic mass is 9.95. The summed E-state index contributed by atoms with van der Waals surface area (Å²) in [5.74, 6) is 0.433. The maximum Gasteiger partial charge on any atom is 0.276 e. The molecule has 142 valence electrons. The Kier molecular flexibility index (Phi) is 5.49. The second-order valence-electron chi connectivity index (χ2n) is 7.44. The van der Waals surface area contributed by atoms with Gasteiger partial charge in [0.05, 0.1) is 5.41 Å². The van der Waals surface area contributed by atoms with Crippen molar-refractivity contribution in [1.29, 1.82) is 0 Å². The Hall–Kier alpha value is -2.82. The maximum atomic E-state index is 12.5. The van der Waals surface area contributed by atoms with Crippen LogP contribution in [-0.4, -0.2) is 18.4 Å². The standard InChI is InChI=1S/C22H26N2O3/c1-15(2)18-10-9-16(3)13-19(18)27-14-20(25)23-24-21(26)22(11-12-22)17-7-5-4-6-8-17/h4-10,13,15H,11-12,14H2,1-3H3,(H,23,25)(H,24,26). The highest BCUT2D eigenvalue weighted by Gasteiger charge is 2.51. The first-order chi connectivity index (χ1) is 12.9. The number of amides is 2. The zero-order valence-electron chi connectivity index (χ0n) is 16.0. The van der Waals surface area contributed by atoms with E-state index in [1.807, 2.05) is 55.5 Å². The third kappa shape index (κ3) is 4.30. The molecular weight excluding hydrogens is 340 g/mol. The van der Waals surface area contributed by atoms with Crippen molar-refractivity contribution in [1.82, 2.24) is 10.9 Å².